The second kappa shape index (κ2) is 6.69. The standard InChI is InChI=1S/C21H27NO3S/c1-5-9-19-18-14-15(21(2,3)4)12-13-17(18)20(23)22(19)26(24,25)16-10-7-6-8-11-16/h5-8,10-11,15,19H,1,9,12-14H2,2-4H3/t15?,19-/m1/s1. The molecule has 4 nitrogen and oxygen atoms in total. The highest BCUT2D eigenvalue weighted by Gasteiger charge is 2.48. The summed E-state index contributed by atoms with van der Waals surface area (Å²) in [5.74, 6) is 0.101. The molecule has 0 radical (unpaired) electrons. The number of amides is 1. The van der Waals surface area contributed by atoms with Crippen molar-refractivity contribution >= 4 is 15.9 Å². The molecule has 1 aromatic rings. The van der Waals surface area contributed by atoms with Crippen LogP contribution in [0, 0.1) is 11.3 Å². The Kier molecular flexibility index (Phi) is 4.86. The Labute approximate surface area is 156 Å². The number of sulfonamides is 1. The molecule has 0 bridgehead atoms. The summed E-state index contributed by atoms with van der Waals surface area (Å²) in [4.78, 5) is 13.2. The summed E-state index contributed by atoms with van der Waals surface area (Å²) in [6, 6.07) is 7.78. The zero-order chi connectivity index (χ0) is 19.1. The zero-order valence-electron chi connectivity index (χ0n) is 15.7. The summed E-state index contributed by atoms with van der Waals surface area (Å²) in [5, 5.41) is 0. The summed E-state index contributed by atoms with van der Waals surface area (Å²) >= 11 is 0. The lowest BCUT2D eigenvalue weighted by atomic mass is 9.70. The van der Waals surface area contributed by atoms with Gasteiger partial charge in [0.05, 0.1) is 10.9 Å². The van der Waals surface area contributed by atoms with Gasteiger partial charge in [-0.15, -0.1) is 6.58 Å². The van der Waals surface area contributed by atoms with Crippen LogP contribution in [0.4, 0.5) is 0 Å². The topological polar surface area (TPSA) is 54.5 Å². The number of benzene rings is 1. The lowest BCUT2D eigenvalue weighted by Gasteiger charge is -2.35. The molecule has 1 aliphatic carbocycles. The van der Waals surface area contributed by atoms with E-state index in [1.54, 1.807) is 36.4 Å². The highest BCUT2D eigenvalue weighted by atomic mass is 32.2. The Bertz CT molecular complexity index is 847. The fourth-order valence-corrected chi connectivity index (χ4v) is 5.69. The first kappa shape index (κ1) is 18.9. The van der Waals surface area contributed by atoms with Crippen molar-refractivity contribution in [3.8, 4) is 0 Å². The predicted molar refractivity (Wildman–Crippen MR) is 103 cm³/mol. The minimum Gasteiger partial charge on any atom is -0.268 e. The van der Waals surface area contributed by atoms with E-state index in [1.165, 1.54) is 0 Å². The van der Waals surface area contributed by atoms with Crippen LogP contribution in [0.15, 0.2) is 59.0 Å². The third-order valence-electron chi connectivity index (χ3n) is 5.66. The van der Waals surface area contributed by atoms with Crippen LogP contribution in [0.1, 0.15) is 46.5 Å². The van der Waals surface area contributed by atoms with E-state index in [0.29, 0.717) is 24.3 Å². The smallest absolute Gasteiger partial charge is 0.267 e. The Morgan fingerprint density at radius 2 is 1.88 bits per heavy atom. The molecule has 5 heteroatoms. The SMILES string of the molecule is C=CC[C@@H]1C2=C(CCC(C(C)(C)C)C2)C(=O)N1S(=O)(=O)c1ccccc1. The van der Waals surface area contributed by atoms with Gasteiger partial charge >= 0.3 is 0 Å². The molecule has 0 saturated carbocycles. The Morgan fingerprint density at radius 1 is 1.23 bits per heavy atom. The second-order valence-electron chi connectivity index (χ2n) is 8.27. The molecular formula is C21H27NO3S. The molecule has 1 aromatic carbocycles. The van der Waals surface area contributed by atoms with Gasteiger partial charge in [0, 0.05) is 5.57 Å². The van der Waals surface area contributed by atoms with Gasteiger partial charge in [0.15, 0.2) is 0 Å². The quantitative estimate of drug-likeness (QED) is 0.739. The number of carbonyl (C=O) groups is 1. The average Bonchev–Trinajstić information content (AvgIpc) is 2.88. The van der Waals surface area contributed by atoms with E-state index in [4.69, 9.17) is 0 Å². The van der Waals surface area contributed by atoms with Crippen LogP contribution < -0.4 is 0 Å². The first-order chi connectivity index (χ1) is 12.2. The maximum atomic E-state index is 13.2. The molecule has 2 aliphatic rings. The van der Waals surface area contributed by atoms with Crippen molar-refractivity contribution < 1.29 is 13.2 Å². The van der Waals surface area contributed by atoms with Gasteiger partial charge in [-0.3, -0.25) is 4.79 Å². The van der Waals surface area contributed by atoms with Gasteiger partial charge in [-0.05, 0) is 54.7 Å². The molecule has 1 unspecified atom stereocenters. The van der Waals surface area contributed by atoms with Crippen molar-refractivity contribution in [2.75, 3.05) is 0 Å². The van der Waals surface area contributed by atoms with E-state index in [0.717, 1.165) is 22.7 Å². The van der Waals surface area contributed by atoms with Crippen molar-refractivity contribution in [3.05, 3.63) is 54.1 Å². The number of nitrogens with zero attached hydrogens (tertiary/aromatic N) is 1. The first-order valence-electron chi connectivity index (χ1n) is 9.14. The zero-order valence-corrected chi connectivity index (χ0v) is 16.6. The molecule has 2 atom stereocenters. The highest BCUT2D eigenvalue weighted by Crippen LogP contribution is 2.47. The second-order valence-corrected chi connectivity index (χ2v) is 10.1. The molecule has 0 fully saturated rings. The van der Waals surface area contributed by atoms with Gasteiger partial charge in [-0.2, -0.15) is 0 Å². The number of carbonyl (C=O) groups excluding carboxylic acids is 1. The fourth-order valence-electron chi connectivity index (χ4n) is 4.09. The van der Waals surface area contributed by atoms with Crippen LogP contribution in [-0.4, -0.2) is 24.7 Å². The van der Waals surface area contributed by atoms with Crippen molar-refractivity contribution in [1.29, 1.82) is 0 Å². The molecular weight excluding hydrogens is 346 g/mol. The van der Waals surface area contributed by atoms with Crippen LogP contribution in [0.25, 0.3) is 0 Å². The van der Waals surface area contributed by atoms with Crippen molar-refractivity contribution in [2.24, 2.45) is 11.3 Å². The fraction of sp³-hybridized carbons (Fsp3) is 0.476. The normalized spacial score (nSPS) is 24.0. The van der Waals surface area contributed by atoms with E-state index in [1.807, 2.05) is 0 Å². The summed E-state index contributed by atoms with van der Waals surface area (Å²) in [6.07, 6.45) is 4.53. The highest BCUT2D eigenvalue weighted by molar-refractivity contribution is 7.89. The molecule has 0 N–H and O–H groups in total. The van der Waals surface area contributed by atoms with Crippen LogP contribution in [0.2, 0.25) is 0 Å². The van der Waals surface area contributed by atoms with Crippen molar-refractivity contribution in [1.82, 2.24) is 4.31 Å². The number of rotatable bonds is 4. The minimum absolute atomic E-state index is 0.131. The molecule has 1 heterocycles. The Morgan fingerprint density at radius 3 is 2.46 bits per heavy atom. The van der Waals surface area contributed by atoms with Gasteiger partial charge in [0.25, 0.3) is 15.9 Å². The van der Waals surface area contributed by atoms with Gasteiger partial charge in [-0.25, -0.2) is 12.7 Å². The van der Waals surface area contributed by atoms with Gasteiger partial charge in [0.2, 0.25) is 0 Å². The largest absolute Gasteiger partial charge is 0.268 e. The van der Waals surface area contributed by atoms with Gasteiger partial charge < -0.3 is 0 Å². The molecule has 1 amide bonds. The van der Waals surface area contributed by atoms with Crippen LogP contribution >= 0.6 is 0 Å². The molecule has 0 aromatic heterocycles. The summed E-state index contributed by atoms with van der Waals surface area (Å²) in [7, 11) is -3.88. The van der Waals surface area contributed by atoms with E-state index >= 15 is 0 Å². The first-order valence-corrected chi connectivity index (χ1v) is 10.6. The Balaban J connectivity index is 2.02. The average molecular weight is 374 g/mol. The monoisotopic (exact) mass is 373 g/mol. The number of hydrogen-bond acceptors (Lipinski definition) is 3. The molecule has 140 valence electrons. The molecule has 26 heavy (non-hydrogen) atoms. The van der Waals surface area contributed by atoms with E-state index < -0.39 is 16.1 Å². The van der Waals surface area contributed by atoms with Gasteiger partial charge in [0.1, 0.15) is 0 Å². The molecule has 0 saturated heterocycles. The van der Waals surface area contributed by atoms with E-state index in [-0.39, 0.29) is 16.2 Å². The Hall–Kier alpha value is -1.88. The molecule has 1 aliphatic heterocycles. The van der Waals surface area contributed by atoms with Crippen molar-refractivity contribution in [2.45, 2.75) is 57.4 Å². The van der Waals surface area contributed by atoms with Crippen LogP contribution in [0.3, 0.4) is 0 Å². The van der Waals surface area contributed by atoms with Crippen molar-refractivity contribution in [3.63, 3.8) is 0 Å². The minimum atomic E-state index is -3.88. The number of hydrogen-bond donors (Lipinski definition) is 0. The third-order valence-corrected chi connectivity index (χ3v) is 7.46. The third kappa shape index (κ3) is 3.13. The maximum Gasteiger partial charge on any atom is 0.267 e. The molecule has 3 rings (SSSR count). The van der Waals surface area contributed by atoms with Crippen LogP contribution in [-0.2, 0) is 14.8 Å². The summed E-state index contributed by atoms with van der Waals surface area (Å²) < 4.78 is 27.5. The van der Waals surface area contributed by atoms with E-state index in [9.17, 15) is 13.2 Å². The van der Waals surface area contributed by atoms with Crippen LogP contribution in [0.5, 0.6) is 0 Å². The van der Waals surface area contributed by atoms with Gasteiger partial charge in [-0.1, -0.05) is 45.0 Å². The van der Waals surface area contributed by atoms with E-state index in [2.05, 4.69) is 27.4 Å². The maximum absolute atomic E-state index is 13.2. The molecule has 0 spiro atoms. The lowest BCUT2D eigenvalue weighted by molar-refractivity contribution is -0.122. The predicted octanol–water partition coefficient (Wildman–Crippen LogP) is 4.31. The summed E-state index contributed by atoms with van der Waals surface area (Å²) in [5.41, 5.74) is 1.84. The summed E-state index contributed by atoms with van der Waals surface area (Å²) in [6.45, 7) is 10.4. The lowest BCUT2D eigenvalue weighted by Crippen LogP contribution is -2.40.